The van der Waals surface area contributed by atoms with Gasteiger partial charge in [0.1, 0.15) is 17.7 Å². The van der Waals surface area contributed by atoms with Crippen LogP contribution in [-0.2, 0) is 9.59 Å². The molecule has 2 N–H and O–H groups in total. The second-order valence-corrected chi connectivity index (χ2v) is 4.69. The molecule has 1 atom stereocenters. The van der Waals surface area contributed by atoms with Gasteiger partial charge in [-0.15, -0.1) is 0 Å². The smallest absolute Gasteiger partial charge is 0.252 e. The number of nitrogens with zero attached hydrogens (tertiary/aromatic N) is 3. The molecule has 1 aromatic heterocycles. The summed E-state index contributed by atoms with van der Waals surface area (Å²) in [5.41, 5.74) is 0.341. The maximum atomic E-state index is 13.0. The third-order valence-corrected chi connectivity index (χ3v) is 3.06. The number of hydrogen-bond acceptors (Lipinski definition) is 4. The highest BCUT2D eigenvalue weighted by atomic mass is 19.1. The summed E-state index contributed by atoms with van der Waals surface area (Å²) < 4.78 is 14.4. The molecular formula is C13H12FN5O2. The molecule has 1 aliphatic heterocycles. The number of benzene rings is 1. The topological polar surface area (TPSA) is 88.9 Å². The fourth-order valence-corrected chi connectivity index (χ4v) is 2.17. The minimum Gasteiger partial charge on any atom is -0.326 e. The molecule has 8 heteroatoms. The van der Waals surface area contributed by atoms with Crippen LogP contribution in [0.5, 0.6) is 0 Å². The summed E-state index contributed by atoms with van der Waals surface area (Å²) in [7, 11) is 0. The van der Waals surface area contributed by atoms with Crippen LogP contribution in [0.15, 0.2) is 24.3 Å². The SMILES string of the molecule is Cc1nc2n(n1)C(CC(=O)Nc1cccc(F)c1)C(=O)N2. The number of rotatable bonds is 3. The second-order valence-electron chi connectivity index (χ2n) is 4.69. The lowest BCUT2D eigenvalue weighted by Gasteiger charge is -2.09. The van der Waals surface area contributed by atoms with Crippen LogP contribution in [0.4, 0.5) is 16.0 Å². The van der Waals surface area contributed by atoms with Gasteiger partial charge in [0, 0.05) is 5.69 Å². The first kappa shape index (κ1) is 13.2. The molecule has 1 aliphatic rings. The summed E-state index contributed by atoms with van der Waals surface area (Å²) in [5, 5.41) is 9.18. The molecule has 0 aliphatic carbocycles. The predicted octanol–water partition coefficient (Wildman–Crippen LogP) is 1.25. The van der Waals surface area contributed by atoms with Crippen molar-refractivity contribution in [1.29, 1.82) is 0 Å². The molecule has 2 heterocycles. The summed E-state index contributed by atoms with van der Waals surface area (Å²) in [6, 6.07) is 4.81. The van der Waals surface area contributed by atoms with E-state index in [0.29, 0.717) is 17.5 Å². The van der Waals surface area contributed by atoms with Crippen molar-refractivity contribution in [3.63, 3.8) is 0 Å². The van der Waals surface area contributed by atoms with Crippen LogP contribution < -0.4 is 10.6 Å². The summed E-state index contributed by atoms with van der Waals surface area (Å²) >= 11 is 0. The predicted molar refractivity (Wildman–Crippen MR) is 72.1 cm³/mol. The van der Waals surface area contributed by atoms with E-state index >= 15 is 0 Å². The number of aromatic nitrogens is 3. The summed E-state index contributed by atoms with van der Waals surface area (Å²) in [5.74, 6) is -0.330. The Balaban J connectivity index is 1.71. The summed E-state index contributed by atoms with van der Waals surface area (Å²) in [4.78, 5) is 27.8. The molecule has 0 radical (unpaired) electrons. The first-order valence-electron chi connectivity index (χ1n) is 6.32. The zero-order valence-corrected chi connectivity index (χ0v) is 11.1. The zero-order valence-electron chi connectivity index (χ0n) is 11.1. The molecule has 0 saturated heterocycles. The monoisotopic (exact) mass is 289 g/mol. The van der Waals surface area contributed by atoms with Crippen molar-refractivity contribution in [3.8, 4) is 0 Å². The van der Waals surface area contributed by atoms with Crippen molar-refractivity contribution in [2.24, 2.45) is 0 Å². The minimum absolute atomic E-state index is 0.0991. The third-order valence-electron chi connectivity index (χ3n) is 3.06. The number of amides is 2. The van der Waals surface area contributed by atoms with E-state index in [1.54, 1.807) is 13.0 Å². The Morgan fingerprint density at radius 2 is 2.33 bits per heavy atom. The van der Waals surface area contributed by atoms with Gasteiger partial charge in [0.2, 0.25) is 11.9 Å². The highest BCUT2D eigenvalue weighted by Gasteiger charge is 2.34. The molecule has 0 fully saturated rings. The van der Waals surface area contributed by atoms with Crippen LogP contribution in [0.25, 0.3) is 0 Å². The first-order chi connectivity index (χ1) is 10.0. The van der Waals surface area contributed by atoms with E-state index in [-0.39, 0.29) is 12.3 Å². The Morgan fingerprint density at radius 3 is 3.10 bits per heavy atom. The first-order valence-corrected chi connectivity index (χ1v) is 6.32. The van der Waals surface area contributed by atoms with Gasteiger partial charge in [-0.1, -0.05) is 6.07 Å². The molecule has 7 nitrogen and oxygen atoms in total. The lowest BCUT2D eigenvalue weighted by molar-refractivity contribution is -0.123. The van der Waals surface area contributed by atoms with Crippen molar-refractivity contribution in [1.82, 2.24) is 14.8 Å². The lowest BCUT2D eigenvalue weighted by Crippen LogP contribution is -2.23. The molecule has 1 unspecified atom stereocenters. The van der Waals surface area contributed by atoms with Crippen LogP contribution in [0, 0.1) is 12.7 Å². The molecule has 0 spiro atoms. The van der Waals surface area contributed by atoms with Crippen molar-refractivity contribution >= 4 is 23.5 Å². The third kappa shape index (κ3) is 2.60. The Morgan fingerprint density at radius 1 is 1.52 bits per heavy atom. The van der Waals surface area contributed by atoms with Gasteiger partial charge in [0.15, 0.2) is 0 Å². The Hall–Kier alpha value is -2.77. The maximum Gasteiger partial charge on any atom is 0.252 e. The van der Waals surface area contributed by atoms with Gasteiger partial charge < -0.3 is 5.32 Å². The largest absolute Gasteiger partial charge is 0.326 e. The molecular weight excluding hydrogens is 277 g/mol. The molecule has 1 aromatic carbocycles. The van der Waals surface area contributed by atoms with E-state index in [9.17, 15) is 14.0 Å². The van der Waals surface area contributed by atoms with Crippen LogP contribution in [0.1, 0.15) is 18.3 Å². The standard InChI is InChI=1S/C13H12FN5O2/c1-7-15-13-17-12(21)10(19(13)18-7)6-11(20)16-9-4-2-3-8(14)5-9/h2-5,10H,6H2,1H3,(H,16,20)(H,15,17,18,21). The number of carbonyl (C=O) groups excluding carboxylic acids is 2. The highest BCUT2D eigenvalue weighted by Crippen LogP contribution is 2.25. The number of aryl methyl sites for hydroxylation is 1. The van der Waals surface area contributed by atoms with Crippen LogP contribution in [0.2, 0.25) is 0 Å². The number of fused-ring (bicyclic) bond motifs is 1. The average molecular weight is 289 g/mol. The van der Waals surface area contributed by atoms with Crippen molar-refractivity contribution < 1.29 is 14.0 Å². The van der Waals surface area contributed by atoms with Crippen LogP contribution in [-0.4, -0.2) is 26.6 Å². The van der Waals surface area contributed by atoms with Gasteiger partial charge in [0.05, 0.1) is 6.42 Å². The summed E-state index contributed by atoms with van der Waals surface area (Å²) in [6.07, 6.45) is -0.0991. The number of nitrogens with one attached hydrogen (secondary N) is 2. The van der Waals surface area contributed by atoms with E-state index in [0.717, 1.165) is 0 Å². The van der Waals surface area contributed by atoms with Gasteiger partial charge >= 0.3 is 0 Å². The van der Waals surface area contributed by atoms with Gasteiger partial charge in [-0.3, -0.25) is 14.9 Å². The number of carbonyl (C=O) groups is 2. The van der Waals surface area contributed by atoms with Crippen LogP contribution in [0.3, 0.4) is 0 Å². The van der Waals surface area contributed by atoms with Crippen LogP contribution >= 0.6 is 0 Å². The van der Waals surface area contributed by atoms with Crippen molar-refractivity contribution in [2.75, 3.05) is 10.6 Å². The second kappa shape index (κ2) is 4.97. The highest BCUT2D eigenvalue weighted by molar-refractivity contribution is 6.00. The van der Waals surface area contributed by atoms with E-state index in [1.165, 1.54) is 22.9 Å². The van der Waals surface area contributed by atoms with Gasteiger partial charge in [-0.05, 0) is 25.1 Å². The van der Waals surface area contributed by atoms with Gasteiger partial charge in [-0.2, -0.15) is 10.1 Å². The van der Waals surface area contributed by atoms with E-state index in [4.69, 9.17) is 0 Å². The van der Waals surface area contributed by atoms with E-state index < -0.39 is 17.8 Å². The van der Waals surface area contributed by atoms with Gasteiger partial charge in [-0.25, -0.2) is 9.07 Å². The molecule has 21 heavy (non-hydrogen) atoms. The number of anilines is 2. The van der Waals surface area contributed by atoms with Gasteiger partial charge in [0.25, 0.3) is 5.91 Å². The molecule has 2 amide bonds. The lowest BCUT2D eigenvalue weighted by atomic mass is 10.2. The van der Waals surface area contributed by atoms with Crippen molar-refractivity contribution in [2.45, 2.75) is 19.4 Å². The quantitative estimate of drug-likeness (QED) is 0.890. The van der Waals surface area contributed by atoms with Crippen molar-refractivity contribution in [3.05, 3.63) is 35.9 Å². The zero-order chi connectivity index (χ0) is 15.0. The minimum atomic E-state index is -0.741. The number of hydrogen-bond donors (Lipinski definition) is 2. The Bertz CT molecular complexity index is 727. The Kier molecular flexibility index (Phi) is 3.13. The molecule has 3 rings (SSSR count). The normalized spacial score (nSPS) is 16.5. The average Bonchev–Trinajstić information content (AvgIpc) is 2.87. The number of halogens is 1. The summed E-state index contributed by atoms with van der Waals surface area (Å²) in [6.45, 7) is 1.70. The molecule has 2 aromatic rings. The van der Waals surface area contributed by atoms with E-state index in [1.807, 2.05) is 0 Å². The molecule has 0 saturated carbocycles. The molecule has 0 bridgehead atoms. The molecule has 108 valence electrons. The maximum absolute atomic E-state index is 13.0. The fourth-order valence-electron chi connectivity index (χ4n) is 2.17. The fraction of sp³-hybridized carbons (Fsp3) is 0.231. The van der Waals surface area contributed by atoms with E-state index in [2.05, 4.69) is 20.7 Å². The Labute approximate surface area is 119 Å².